The standard InChI is InChI=1S/C9H13N3O2/c1-12(2)11-8-4-3-6(9(13)14)5-7(8)10/h3-5,11H,10H2,1-2H3,(H,13,14). The first-order valence-electron chi connectivity index (χ1n) is 4.07. The molecule has 0 amide bonds. The summed E-state index contributed by atoms with van der Waals surface area (Å²) in [5, 5.41) is 10.4. The number of carboxylic acids is 1. The summed E-state index contributed by atoms with van der Waals surface area (Å²) < 4.78 is 0. The summed E-state index contributed by atoms with van der Waals surface area (Å²) in [4.78, 5) is 10.6. The van der Waals surface area contributed by atoms with Crippen molar-refractivity contribution in [3.63, 3.8) is 0 Å². The molecule has 4 N–H and O–H groups in total. The van der Waals surface area contributed by atoms with E-state index in [1.807, 2.05) is 14.1 Å². The van der Waals surface area contributed by atoms with E-state index in [1.54, 1.807) is 11.1 Å². The van der Waals surface area contributed by atoms with Crippen LogP contribution in [0.5, 0.6) is 0 Å². The van der Waals surface area contributed by atoms with E-state index in [-0.39, 0.29) is 5.56 Å². The fourth-order valence-corrected chi connectivity index (χ4v) is 1.04. The molecule has 0 aromatic heterocycles. The van der Waals surface area contributed by atoms with Crippen LogP contribution in [-0.2, 0) is 0 Å². The lowest BCUT2D eigenvalue weighted by Gasteiger charge is -2.15. The molecule has 0 saturated heterocycles. The van der Waals surface area contributed by atoms with E-state index in [0.29, 0.717) is 11.4 Å². The zero-order valence-electron chi connectivity index (χ0n) is 8.11. The predicted octanol–water partition coefficient (Wildman–Crippen LogP) is 0.855. The molecule has 0 atom stereocenters. The molecule has 0 saturated carbocycles. The molecule has 1 aromatic carbocycles. The fourth-order valence-electron chi connectivity index (χ4n) is 1.04. The number of nitrogen functional groups attached to an aromatic ring is 1. The molecule has 1 rings (SSSR count). The Labute approximate surface area is 82.1 Å². The van der Waals surface area contributed by atoms with E-state index in [4.69, 9.17) is 10.8 Å². The molecule has 0 aliphatic rings. The van der Waals surface area contributed by atoms with E-state index in [1.165, 1.54) is 12.1 Å². The van der Waals surface area contributed by atoms with Crippen molar-refractivity contribution >= 4 is 17.3 Å². The molecule has 0 heterocycles. The van der Waals surface area contributed by atoms with Gasteiger partial charge in [0, 0.05) is 14.1 Å². The van der Waals surface area contributed by atoms with Gasteiger partial charge in [-0.3, -0.25) is 0 Å². The molecule has 0 fully saturated rings. The van der Waals surface area contributed by atoms with E-state index in [0.717, 1.165) is 0 Å². The van der Waals surface area contributed by atoms with E-state index in [2.05, 4.69) is 5.43 Å². The zero-order chi connectivity index (χ0) is 10.7. The summed E-state index contributed by atoms with van der Waals surface area (Å²) in [6.45, 7) is 0. The lowest BCUT2D eigenvalue weighted by molar-refractivity contribution is 0.0697. The summed E-state index contributed by atoms with van der Waals surface area (Å²) in [6, 6.07) is 4.57. The number of carboxylic acid groups (broad SMARTS) is 1. The third kappa shape index (κ3) is 2.37. The minimum absolute atomic E-state index is 0.187. The summed E-state index contributed by atoms with van der Waals surface area (Å²) >= 11 is 0. The summed E-state index contributed by atoms with van der Waals surface area (Å²) in [6.07, 6.45) is 0. The van der Waals surface area contributed by atoms with Crippen molar-refractivity contribution in [3.05, 3.63) is 23.8 Å². The van der Waals surface area contributed by atoms with Gasteiger partial charge in [0.15, 0.2) is 0 Å². The highest BCUT2D eigenvalue weighted by molar-refractivity contribution is 5.90. The van der Waals surface area contributed by atoms with Gasteiger partial charge in [0.2, 0.25) is 0 Å². The number of rotatable bonds is 3. The van der Waals surface area contributed by atoms with Gasteiger partial charge < -0.3 is 16.3 Å². The largest absolute Gasteiger partial charge is 0.478 e. The second-order valence-electron chi connectivity index (χ2n) is 3.11. The van der Waals surface area contributed by atoms with Crippen LogP contribution in [0.25, 0.3) is 0 Å². The minimum Gasteiger partial charge on any atom is -0.478 e. The lowest BCUT2D eigenvalue weighted by Crippen LogP contribution is -2.20. The van der Waals surface area contributed by atoms with Crippen molar-refractivity contribution in [1.29, 1.82) is 0 Å². The molecule has 1 aromatic rings. The number of carbonyl (C=O) groups is 1. The second-order valence-corrected chi connectivity index (χ2v) is 3.11. The van der Waals surface area contributed by atoms with Crippen LogP contribution in [0.2, 0.25) is 0 Å². The number of nitrogens with two attached hydrogens (primary N) is 1. The molecule has 76 valence electrons. The van der Waals surface area contributed by atoms with Crippen molar-refractivity contribution < 1.29 is 9.90 Å². The Kier molecular flexibility index (Phi) is 2.93. The third-order valence-electron chi connectivity index (χ3n) is 1.64. The third-order valence-corrected chi connectivity index (χ3v) is 1.64. The Morgan fingerprint density at radius 2 is 2.14 bits per heavy atom. The lowest BCUT2D eigenvalue weighted by atomic mass is 10.2. The van der Waals surface area contributed by atoms with Crippen LogP contribution in [0.4, 0.5) is 11.4 Å². The van der Waals surface area contributed by atoms with Gasteiger partial charge >= 0.3 is 5.97 Å². The fraction of sp³-hybridized carbons (Fsp3) is 0.222. The molecule has 0 aliphatic heterocycles. The van der Waals surface area contributed by atoms with Gasteiger partial charge in [0.25, 0.3) is 0 Å². The molecule has 5 nitrogen and oxygen atoms in total. The number of hydrogen-bond donors (Lipinski definition) is 3. The maximum Gasteiger partial charge on any atom is 0.335 e. The molecular weight excluding hydrogens is 182 g/mol. The molecular formula is C9H13N3O2. The van der Waals surface area contributed by atoms with E-state index < -0.39 is 5.97 Å². The van der Waals surface area contributed by atoms with Gasteiger partial charge in [-0.05, 0) is 18.2 Å². The number of nitrogens with zero attached hydrogens (tertiary/aromatic N) is 1. The van der Waals surface area contributed by atoms with Crippen molar-refractivity contribution in [1.82, 2.24) is 5.01 Å². The molecule has 14 heavy (non-hydrogen) atoms. The topological polar surface area (TPSA) is 78.6 Å². The predicted molar refractivity (Wildman–Crippen MR) is 55.1 cm³/mol. The van der Waals surface area contributed by atoms with Crippen LogP contribution < -0.4 is 11.2 Å². The Hall–Kier alpha value is -1.75. The van der Waals surface area contributed by atoms with E-state index >= 15 is 0 Å². The van der Waals surface area contributed by atoms with Gasteiger partial charge in [0.1, 0.15) is 0 Å². The second kappa shape index (κ2) is 3.97. The smallest absolute Gasteiger partial charge is 0.335 e. The Balaban J connectivity index is 2.95. The minimum atomic E-state index is -0.979. The Morgan fingerprint density at radius 1 is 1.50 bits per heavy atom. The Morgan fingerprint density at radius 3 is 2.57 bits per heavy atom. The van der Waals surface area contributed by atoms with Gasteiger partial charge in [-0.25, -0.2) is 9.80 Å². The average molecular weight is 195 g/mol. The number of aromatic carboxylic acids is 1. The first-order valence-corrected chi connectivity index (χ1v) is 4.07. The van der Waals surface area contributed by atoms with Crippen molar-refractivity contribution in [3.8, 4) is 0 Å². The van der Waals surface area contributed by atoms with Crippen molar-refractivity contribution in [2.24, 2.45) is 0 Å². The summed E-state index contributed by atoms with van der Waals surface area (Å²) in [5.74, 6) is -0.979. The normalized spacial score (nSPS) is 10.2. The highest BCUT2D eigenvalue weighted by atomic mass is 16.4. The van der Waals surface area contributed by atoms with Gasteiger partial charge in [0.05, 0.1) is 16.9 Å². The number of hydrazine groups is 1. The number of benzene rings is 1. The first kappa shape index (κ1) is 10.3. The highest BCUT2D eigenvalue weighted by Gasteiger charge is 2.05. The van der Waals surface area contributed by atoms with Crippen molar-refractivity contribution in [2.45, 2.75) is 0 Å². The monoisotopic (exact) mass is 195 g/mol. The van der Waals surface area contributed by atoms with Crippen LogP contribution in [-0.4, -0.2) is 30.2 Å². The Bertz CT molecular complexity index is 350. The quantitative estimate of drug-likeness (QED) is 0.492. The molecule has 0 aliphatic carbocycles. The molecule has 0 spiro atoms. The number of hydrogen-bond acceptors (Lipinski definition) is 4. The maximum absolute atomic E-state index is 10.6. The molecule has 0 radical (unpaired) electrons. The van der Waals surface area contributed by atoms with Gasteiger partial charge in [-0.15, -0.1) is 0 Å². The van der Waals surface area contributed by atoms with Crippen LogP contribution in [0.1, 0.15) is 10.4 Å². The average Bonchev–Trinajstić information content (AvgIpc) is 2.07. The first-order chi connectivity index (χ1) is 6.50. The highest BCUT2D eigenvalue weighted by Crippen LogP contribution is 2.19. The number of nitrogens with one attached hydrogen (secondary N) is 1. The SMILES string of the molecule is CN(C)Nc1ccc(C(=O)O)cc1N. The molecule has 5 heteroatoms. The summed E-state index contributed by atoms with van der Waals surface area (Å²) in [7, 11) is 3.65. The van der Waals surface area contributed by atoms with Crippen LogP contribution in [0, 0.1) is 0 Å². The van der Waals surface area contributed by atoms with Gasteiger partial charge in [-0.2, -0.15) is 0 Å². The van der Waals surface area contributed by atoms with Crippen LogP contribution >= 0.6 is 0 Å². The van der Waals surface area contributed by atoms with Crippen molar-refractivity contribution in [2.75, 3.05) is 25.3 Å². The van der Waals surface area contributed by atoms with Crippen LogP contribution in [0.15, 0.2) is 18.2 Å². The molecule has 0 bridgehead atoms. The number of anilines is 2. The van der Waals surface area contributed by atoms with Gasteiger partial charge in [-0.1, -0.05) is 0 Å². The zero-order valence-corrected chi connectivity index (χ0v) is 8.11. The molecule has 0 unspecified atom stereocenters. The maximum atomic E-state index is 10.6. The summed E-state index contributed by atoms with van der Waals surface area (Å²) in [5.41, 5.74) is 9.91. The van der Waals surface area contributed by atoms with Crippen LogP contribution in [0.3, 0.4) is 0 Å². The van der Waals surface area contributed by atoms with E-state index in [9.17, 15) is 4.79 Å².